The number of benzene rings is 1. The van der Waals surface area contributed by atoms with E-state index in [0.717, 1.165) is 57.3 Å². The smallest absolute Gasteiger partial charge is 0.254 e. The monoisotopic (exact) mass is 415 g/mol. The van der Waals surface area contributed by atoms with E-state index >= 15 is 0 Å². The Morgan fingerprint density at radius 1 is 1.19 bits per heavy atom. The summed E-state index contributed by atoms with van der Waals surface area (Å²) in [4.78, 5) is 15.0. The van der Waals surface area contributed by atoms with Gasteiger partial charge in [-0.1, -0.05) is 6.07 Å². The fourth-order valence-corrected chi connectivity index (χ4v) is 4.76. The molecule has 3 rings (SSSR count). The Kier molecular flexibility index (Phi) is 7.68. The van der Waals surface area contributed by atoms with Gasteiger partial charge >= 0.3 is 0 Å². The van der Waals surface area contributed by atoms with Crippen molar-refractivity contribution in [2.24, 2.45) is 5.92 Å². The molecule has 1 amide bonds. The maximum Gasteiger partial charge on any atom is 0.254 e. The van der Waals surface area contributed by atoms with Gasteiger partial charge in [-0.15, -0.1) is 12.4 Å². The molecule has 1 aliphatic heterocycles. The number of piperidine rings is 1. The molecule has 0 spiro atoms. The molecule has 1 saturated heterocycles. The zero-order valence-electron chi connectivity index (χ0n) is 16.0. The van der Waals surface area contributed by atoms with Gasteiger partial charge < -0.3 is 10.2 Å². The molecule has 1 heterocycles. The Balaban J connectivity index is 0.00000261. The normalized spacial score (nSPS) is 18.2. The average molecular weight is 416 g/mol. The Bertz CT molecular complexity index is 757. The van der Waals surface area contributed by atoms with Crippen molar-refractivity contribution in [1.29, 1.82) is 0 Å². The Hall–Kier alpha value is -1.15. The van der Waals surface area contributed by atoms with E-state index < -0.39 is 10.0 Å². The summed E-state index contributed by atoms with van der Waals surface area (Å²) in [5.74, 6) is 0.597. The van der Waals surface area contributed by atoms with Crippen molar-refractivity contribution >= 4 is 28.3 Å². The number of sulfonamides is 1. The minimum atomic E-state index is -3.55. The van der Waals surface area contributed by atoms with E-state index in [2.05, 4.69) is 10.0 Å². The molecule has 0 unspecified atom stereocenters. The maximum atomic E-state index is 13.0. The summed E-state index contributed by atoms with van der Waals surface area (Å²) in [5, 5.41) is 3.18. The van der Waals surface area contributed by atoms with E-state index in [0.29, 0.717) is 11.5 Å². The highest BCUT2D eigenvalue weighted by molar-refractivity contribution is 7.89. The van der Waals surface area contributed by atoms with Crippen molar-refractivity contribution in [2.45, 2.75) is 50.0 Å². The first kappa shape index (κ1) is 22.1. The number of aryl methyl sites for hydroxylation is 1. The van der Waals surface area contributed by atoms with Gasteiger partial charge in [-0.25, -0.2) is 13.1 Å². The summed E-state index contributed by atoms with van der Waals surface area (Å²) in [5.41, 5.74) is 1.31. The van der Waals surface area contributed by atoms with Crippen molar-refractivity contribution in [1.82, 2.24) is 14.9 Å². The molecule has 1 aromatic carbocycles. The lowest BCUT2D eigenvalue weighted by Gasteiger charge is -2.32. The molecule has 2 N–H and O–H groups in total. The third-order valence-corrected chi connectivity index (χ3v) is 6.87. The summed E-state index contributed by atoms with van der Waals surface area (Å²) in [6, 6.07) is 4.90. The topological polar surface area (TPSA) is 78.5 Å². The van der Waals surface area contributed by atoms with Gasteiger partial charge in [-0.3, -0.25) is 4.79 Å². The first-order valence-corrected chi connectivity index (χ1v) is 11.0. The standard InChI is InChI=1S/C19H29N3O3S.ClH/c1-14-3-6-17(26(24,25)21-16-4-5-16)13-18(14)19(23)22-11-8-15(9-12-22)7-10-20-2;/h3,6,13,15-16,20-21H,4-5,7-12H2,1-2H3;1H. The molecule has 152 valence electrons. The molecule has 1 aromatic rings. The third-order valence-electron chi connectivity index (χ3n) is 5.35. The van der Waals surface area contributed by atoms with Crippen LogP contribution in [0.25, 0.3) is 0 Å². The molecule has 0 atom stereocenters. The number of nitrogens with zero attached hydrogens (tertiary/aromatic N) is 1. The summed E-state index contributed by atoms with van der Waals surface area (Å²) in [6.45, 7) is 4.34. The second-order valence-electron chi connectivity index (χ2n) is 7.50. The number of nitrogens with one attached hydrogen (secondary N) is 2. The number of carbonyl (C=O) groups is 1. The van der Waals surface area contributed by atoms with Gasteiger partial charge in [0.05, 0.1) is 4.90 Å². The van der Waals surface area contributed by atoms with Gasteiger partial charge in [-0.2, -0.15) is 0 Å². The summed E-state index contributed by atoms with van der Waals surface area (Å²) in [6.07, 6.45) is 4.93. The van der Waals surface area contributed by atoms with Crippen molar-refractivity contribution in [3.63, 3.8) is 0 Å². The summed E-state index contributed by atoms with van der Waals surface area (Å²) in [7, 11) is -1.59. The van der Waals surface area contributed by atoms with Gasteiger partial charge in [0.2, 0.25) is 10.0 Å². The number of amides is 1. The lowest BCUT2D eigenvalue weighted by molar-refractivity contribution is 0.0686. The van der Waals surface area contributed by atoms with Crippen LogP contribution in [0, 0.1) is 12.8 Å². The van der Waals surface area contributed by atoms with Crippen molar-refractivity contribution in [2.75, 3.05) is 26.7 Å². The number of hydrogen-bond donors (Lipinski definition) is 2. The molecule has 2 fully saturated rings. The predicted octanol–water partition coefficient (Wildman–Crippen LogP) is 2.32. The van der Waals surface area contributed by atoms with Crippen LogP contribution in [-0.4, -0.2) is 51.9 Å². The lowest BCUT2D eigenvalue weighted by atomic mass is 9.93. The van der Waals surface area contributed by atoms with E-state index in [1.807, 2.05) is 18.9 Å². The first-order chi connectivity index (χ1) is 12.4. The number of halogens is 1. The van der Waals surface area contributed by atoms with Gasteiger partial charge in [0.25, 0.3) is 5.91 Å². The van der Waals surface area contributed by atoms with E-state index in [1.165, 1.54) is 6.07 Å². The molecule has 0 bridgehead atoms. The molecule has 2 aliphatic rings. The zero-order chi connectivity index (χ0) is 18.7. The number of rotatable bonds is 7. The highest BCUT2D eigenvalue weighted by Gasteiger charge is 2.29. The van der Waals surface area contributed by atoms with Crippen LogP contribution in [0.4, 0.5) is 0 Å². The second kappa shape index (κ2) is 9.37. The molecule has 27 heavy (non-hydrogen) atoms. The Morgan fingerprint density at radius 3 is 2.44 bits per heavy atom. The van der Waals surface area contributed by atoms with Crippen molar-refractivity contribution in [3.8, 4) is 0 Å². The fourth-order valence-electron chi connectivity index (χ4n) is 3.43. The van der Waals surface area contributed by atoms with Crippen LogP contribution in [0.1, 0.15) is 48.0 Å². The van der Waals surface area contributed by atoms with Crippen LogP contribution in [0.5, 0.6) is 0 Å². The van der Waals surface area contributed by atoms with Crippen molar-refractivity contribution < 1.29 is 13.2 Å². The van der Waals surface area contributed by atoms with Gasteiger partial charge in [-0.05, 0) is 76.2 Å². The van der Waals surface area contributed by atoms with Gasteiger partial charge in [0, 0.05) is 24.7 Å². The molecule has 8 heteroatoms. The van der Waals surface area contributed by atoms with Gasteiger partial charge in [0.15, 0.2) is 0 Å². The molecule has 0 radical (unpaired) electrons. The van der Waals surface area contributed by atoms with Gasteiger partial charge in [0.1, 0.15) is 0 Å². The molecule has 0 aromatic heterocycles. The summed E-state index contributed by atoms with van der Waals surface area (Å²) >= 11 is 0. The zero-order valence-corrected chi connectivity index (χ0v) is 17.7. The lowest BCUT2D eigenvalue weighted by Crippen LogP contribution is -2.39. The maximum absolute atomic E-state index is 13.0. The van der Waals surface area contributed by atoms with Crippen LogP contribution < -0.4 is 10.0 Å². The molecule has 6 nitrogen and oxygen atoms in total. The van der Waals surface area contributed by atoms with E-state index in [-0.39, 0.29) is 29.3 Å². The third kappa shape index (κ3) is 5.67. The molecule has 1 aliphatic carbocycles. The quantitative estimate of drug-likeness (QED) is 0.716. The van der Waals surface area contributed by atoms with E-state index in [4.69, 9.17) is 0 Å². The largest absolute Gasteiger partial charge is 0.339 e. The second-order valence-corrected chi connectivity index (χ2v) is 9.21. The summed E-state index contributed by atoms with van der Waals surface area (Å²) < 4.78 is 27.6. The molecular formula is C19H30ClN3O3S. The van der Waals surface area contributed by atoms with Crippen LogP contribution in [0.15, 0.2) is 23.1 Å². The highest BCUT2D eigenvalue weighted by Crippen LogP contribution is 2.25. The van der Waals surface area contributed by atoms with E-state index in [9.17, 15) is 13.2 Å². The number of likely N-dealkylation sites (tertiary alicyclic amines) is 1. The van der Waals surface area contributed by atoms with Crippen LogP contribution >= 0.6 is 12.4 Å². The van der Waals surface area contributed by atoms with E-state index in [1.54, 1.807) is 12.1 Å². The SMILES string of the molecule is CNCCC1CCN(C(=O)c2cc(S(=O)(=O)NC3CC3)ccc2C)CC1.Cl. The average Bonchev–Trinajstić information content (AvgIpc) is 3.43. The first-order valence-electron chi connectivity index (χ1n) is 9.47. The Labute approximate surface area is 168 Å². The van der Waals surface area contributed by atoms with Crippen LogP contribution in [0.3, 0.4) is 0 Å². The minimum absolute atomic E-state index is 0. The molecular weight excluding hydrogens is 386 g/mol. The molecule has 1 saturated carbocycles. The number of carbonyl (C=O) groups excluding carboxylic acids is 1. The minimum Gasteiger partial charge on any atom is -0.339 e. The van der Waals surface area contributed by atoms with Crippen molar-refractivity contribution in [3.05, 3.63) is 29.3 Å². The Morgan fingerprint density at radius 2 is 1.85 bits per heavy atom. The van der Waals surface area contributed by atoms with Crippen LogP contribution in [0.2, 0.25) is 0 Å². The fraction of sp³-hybridized carbons (Fsp3) is 0.632. The highest BCUT2D eigenvalue weighted by atomic mass is 35.5. The predicted molar refractivity (Wildman–Crippen MR) is 109 cm³/mol. The van der Waals surface area contributed by atoms with Crippen LogP contribution in [-0.2, 0) is 10.0 Å². The number of hydrogen-bond acceptors (Lipinski definition) is 4.